The van der Waals surface area contributed by atoms with Gasteiger partial charge >= 0.3 is 10.9 Å². The van der Waals surface area contributed by atoms with Crippen LogP contribution in [0.25, 0.3) is 0 Å². The molecule has 0 saturated carbocycles. The zero-order valence-electron chi connectivity index (χ0n) is 11.6. The first-order chi connectivity index (χ1) is 11.3. The van der Waals surface area contributed by atoms with E-state index < -0.39 is 36.7 Å². The Kier molecular flexibility index (Phi) is 5.68. The first kappa shape index (κ1) is 20.7. The fourth-order valence-corrected chi connectivity index (χ4v) is 4.36. The summed E-state index contributed by atoms with van der Waals surface area (Å²) in [5.74, 6) is 0. The van der Waals surface area contributed by atoms with Crippen molar-refractivity contribution < 1.29 is 22.0 Å². The van der Waals surface area contributed by atoms with E-state index in [1.54, 1.807) is 6.07 Å². The normalized spacial score (nSPS) is 23.8. The van der Waals surface area contributed by atoms with Crippen molar-refractivity contribution in [3.63, 3.8) is 0 Å². The lowest BCUT2D eigenvalue weighted by molar-refractivity contribution is -0.137. The van der Waals surface area contributed by atoms with E-state index in [9.17, 15) is 27.2 Å². The molecule has 0 radical (unpaired) electrons. The van der Waals surface area contributed by atoms with E-state index in [1.807, 2.05) is 0 Å². The summed E-state index contributed by atoms with van der Waals surface area (Å²) in [6, 6.07) is 2.87. The minimum Gasteiger partial charge on any atom is -0.326 e. The number of rotatable bonds is 3. The van der Waals surface area contributed by atoms with Gasteiger partial charge in [-0.25, -0.2) is 0 Å². The molecule has 0 aliphatic carbocycles. The molecular formula is C13H5Cl4F5N2S. The van der Waals surface area contributed by atoms with E-state index in [4.69, 9.17) is 46.4 Å². The van der Waals surface area contributed by atoms with Crippen molar-refractivity contribution in [3.8, 4) is 6.07 Å². The topological polar surface area (TPSA) is 27.0 Å². The molecule has 25 heavy (non-hydrogen) atoms. The van der Waals surface area contributed by atoms with Crippen molar-refractivity contribution >= 4 is 63.9 Å². The van der Waals surface area contributed by atoms with Gasteiger partial charge in [0.2, 0.25) is 0 Å². The van der Waals surface area contributed by atoms with Gasteiger partial charge < -0.3 is 4.90 Å². The predicted molar refractivity (Wildman–Crippen MR) is 89.5 cm³/mol. The number of anilines is 1. The summed E-state index contributed by atoms with van der Waals surface area (Å²) >= 11 is 22.5. The third kappa shape index (κ3) is 4.22. The second kappa shape index (κ2) is 6.86. The lowest BCUT2D eigenvalue weighted by Gasteiger charge is -2.31. The molecule has 136 valence electrons. The molecule has 0 bridgehead atoms. The number of nitrogens with zero attached hydrogens (tertiary/aromatic N) is 2. The Morgan fingerprint density at radius 2 is 1.68 bits per heavy atom. The van der Waals surface area contributed by atoms with Crippen molar-refractivity contribution in [2.75, 3.05) is 4.90 Å². The molecule has 0 amide bonds. The first-order valence-corrected chi connectivity index (χ1v) is 8.55. The summed E-state index contributed by atoms with van der Waals surface area (Å²) in [6.07, 6.45) is -2.49. The standard InChI is InChI=1S/C13H5Cl4F5N2S/c14-7-3-6(12(18,19)20)4-8(15)9(7)24-2-1-11(5-23,10(24)16)25-13(17,21)22/h1-4,10H. The van der Waals surface area contributed by atoms with E-state index in [2.05, 4.69) is 0 Å². The Hall–Kier alpha value is -0.590. The SMILES string of the molecule is N#CC1(SC(F)(F)Cl)C=CN(c2c(Cl)cc(C(F)(F)F)cc2Cl)C1Cl. The van der Waals surface area contributed by atoms with E-state index >= 15 is 0 Å². The number of benzene rings is 1. The molecule has 1 aliphatic rings. The van der Waals surface area contributed by atoms with Crippen LogP contribution in [-0.2, 0) is 6.18 Å². The molecule has 0 fully saturated rings. The average Bonchev–Trinajstić information content (AvgIpc) is 2.74. The molecule has 1 heterocycles. The van der Waals surface area contributed by atoms with Gasteiger partial charge in [-0.2, -0.15) is 27.2 Å². The predicted octanol–water partition coefficient (Wildman–Crippen LogP) is 6.70. The van der Waals surface area contributed by atoms with Crippen LogP contribution in [0, 0.1) is 11.3 Å². The Morgan fingerprint density at radius 3 is 2.08 bits per heavy atom. The van der Waals surface area contributed by atoms with Gasteiger partial charge in [-0.1, -0.05) is 34.8 Å². The van der Waals surface area contributed by atoms with Gasteiger partial charge in [0, 0.05) is 6.20 Å². The molecule has 1 aliphatic heterocycles. The maximum atomic E-state index is 13.1. The van der Waals surface area contributed by atoms with Crippen molar-refractivity contribution in [2.24, 2.45) is 0 Å². The van der Waals surface area contributed by atoms with Gasteiger partial charge in [0.05, 0.1) is 27.4 Å². The fraction of sp³-hybridized carbons (Fsp3) is 0.308. The molecule has 1 aromatic carbocycles. The molecule has 2 unspecified atom stereocenters. The highest BCUT2D eigenvalue weighted by atomic mass is 35.5. The van der Waals surface area contributed by atoms with Crippen LogP contribution in [0.2, 0.25) is 10.0 Å². The fourth-order valence-electron chi connectivity index (χ4n) is 2.10. The molecule has 0 aromatic heterocycles. The van der Waals surface area contributed by atoms with Crippen LogP contribution in [0.15, 0.2) is 24.4 Å². The summed E-state index contributed by atoms with van der Waals surface area (Å²) in [5, 5.41) is 8.44. The zero-order chi connectivity index (χ0) is 19.2. The monoisotopic (exact) mass is 456 g/mol. The highest BCUT2D eigenvalue weighted by Gasteiger charge is 2.51. The Bertz CT molecular complexity index is 735. The van der Waals surface area contributed by atoms with Gasteiger partial charge in [0.15, 0.2) is 4.75 Å². The van der Waals surface area contributed by atoms with E-state index in [1.165, 1.54) is 0 Å². The summed E-state index contributed by atoms with van der Waals surface area (Å²) in [6.45, 7) is 0. The lowest BCUT2D eigenvalue weighted by Crippen LogP contribution is -2.39. The second-order valence-corrected chi connectivity index (χ2v) is 8.12. The minimum absolute atomic E-state index is 0.150. The molecule has 1 aromatic rings. The van der Waals surface area contributed by atoms with Crippen molar-refractivity contribution in [2.45, 2.75) is 21.1 Å². The highest BCUT2D eigenvalue weighted by molar-refractivity contribution is 8.03. The Labute approximate surface area is 163 Å². The number of hydrogen-bond acceptors (Lipinski definition) is 3. The van der Waals surface area contributed by atoms with Gasteiger partial charge in [0.25, 0.3) is 0 Å². The molecule has 0 N–H and O–H groups in total. The summed E-state index contributed by atoms with van der Waals surface area (Å²) < 4.78 is 58.9. The lowest BCUT2D eigenvalue weighted by atomic mass is 10.1. The molecule has 2 nitrogen and oxygen atoms in total. The molecule has 2 rings (SSSR count). The first-order valence-electron chi connectivity index (χ1n) is 6.17. The summed E-state index contributed by atoms with van der Waals surface area (Å²) in [4.78, 5) is 1.03. The van der Waals surface area contributed by atoms with Gasteiger partial charge in [-0.3, -0.25) is 0 Å². The second-order valence-electron chi connectivity index (χ2n) is 4.80. The van der Waals surface area contributed by atoms with Crippen LogP contribution >= 0.6 is 58.2 Å². The van der Waals surface area contributed by atoms with Crippen molar-refractivity contribution in [3.05, 3.63) is 40.0 Å². The molecule has 12 heteroatoms. The van der Waals surface area contributed by atoms with Crippen molar-refractivity contribution in [1.82, 2.24) is 0 Å². The largest absolute Gasteiger partial charge is 0.416 e. The minimum atomic E-state index is -4.68. The smallest absolute Gasteiger partial charge is 0.326 e. The molecule has 0 spiro atoms. The van der Waals surface area contributed by atoms with Crippen LogP contribution in [0.5, 0.6) is 0 Å². The third-order valence-corrected chi connectivity index (χ3v) is 5.65. The number of nitriles is 1. The van der Waals surface area contributed by atoms with Crippen LogP contribution < -0.4 is 4.90 Å². The van der Waals surface area contributed by atoms with E-state index in [-0.39, 0.29) is 17.4 Å². The van der Waals surface area contributed by atoms with Gasteiger partial charge in [0.1, 0.15) is 5.50 Å². The van der Waals surface area contributed by atoms with Crippen molar-refractivity contribution in [1.29, 1.82) is 5.26 Å². The maximum Gasteiger partial charge on any atom is 0.416 e. The Morgan fingerprint density at radius 1 is 1.16 bits per heavy atom. The van der Waals surface area contributed by atoms with Crippen LogP contribution in [0.3, 0.4) is 0 Å². The van der Waals surface area contributed by atoms with E-state index in [0.717, 1.165) is 17.2 Å². The molecule has 0 saturated heterocycles. The third-order valence-electron chi connectivity index (χ3n) is 3.14. The molecular weight excluding hydrogens is 453 g/mol. The van der Waals surface area contributed by atoms with Crippen LogP contribution in [0.1, 0.15) is 5.56 Å². The summed E-state index contributed by atoms with van der Waals surface area (Å²) in [5.41, 5.74) is -2.68. The number of alkyl halides is 7. The maximum absolute atomic E-state index is 13.1. The highest BCUT2D eigenvalue weighted by Crippen LogP contribution is 2.52. The van der Waals surface area contributed by atoms with E-state index in [0.29, 0.717) is 12.1 Å². The van der Waals surface area contributed by atoms with Gasteiger partial charge in [-0.15, -0.1) is 0 Å². The average molecular weight is 458 g/mol. The quantitative estimate of drug-likeness (QED) is 0.287. The Balaban J connectivity index is 2.45. The van der Waals surface area contributed by atoms with Crippen LogP contribution in [0.4, 0.5) is 27.6 Å². The summed E-state index contributed by atoms with van der Waals surface area (Å²) in [7, 11) is 0. The van der Waals surface area contributed by atoms with Gasteiger partial charge in [-0.05, 0) is 41.6 Å². The number of thioether (sulfide) groups is 1. The number of hydrogen-bond donors (Lipinski definition) is 0. The zero-order valence-corrected chi connectivity index (χ0v) is 15.4. The molecule has 2 atom stereocenters. The number of halogens is 9. The van der Waals surface area contributed by atoms with Crippen LogP contribution in [-0.4, -0.2) is 15.0 Å².